The molecule has 7 nitrogen and oxygen atoms in total. The molecule has 9 heteroatoms. The van der Waals surface area contributed by atoms with Crippen LogP contribution in [0.4, 0.5) is 5.69 Å². The first-order valence-electron chi connectivity index (χ1n) is 13.4. The molecule has 0 radical (unpaired) electrons. The van der Waals surface area contributed by atoms with Crippen molar-refractivity contribution in [2.45, 2.75) is 33.5 Å². The topological polar surface area (TPSA) is 86.4 Å². The number of halogens is 2. The first-order valence-corrected chi connectivity index (χ1v) is 14.3. The third-order valence-corrected chi connectivity index (χ3v) is 7.44. The monoisotopic (exact) mass is 617 g/mol. The van der Waals surface area contributed by atoms with Gasteiger partial charge in [0.25, 0.3) is 0 Å². The van der Waals surface area contributed by atoms with Crippen LogP contribution < -0.4 is 14.2 Å². The van der Waals surface area contributed by atoms with E-state index in [1.54, 1.807) is 0 Å². The van der Waals surface area contributed by atoms with Gasteiger partial charge in [0.1, 0.15) is 30.5 Å². The second kappa shape index (κ2) is 14.6. The number of rotatable bonds is 13. The van der Waals surface area contributed by atoms with E-state index in [1.807, 2.05) is 38.1 Å². The van der Waals surface area contributed by atoms with E-state index in [0.29, 0.717) is 30.1 Å². The van der Waals surface area contributed by atoms with Crippen LogP contribution >= 0.6 is 23.2 Å². The Morgan fingerprint density at radius 1 is 0.907 bits per heavy atom. The van der Waals surface area contributed by atoms with Crippen molar-refractivity contribution in [1.82, 2.24) is 0 Å². The summed E-state index contributed by atoms with van der Waals surface area (Å²) in [5, 5.41) is 9.59. The minimum absolute atomic E-state index is 0.0267. The number of nitrogens with zero attached hydrogens (tertiary/aromatic N) is 1. The van der Waals surface area contributed by atoms with Gasteiger partial charge >= 0.3 is 5.97 Å². The lowest BCUT2D eigenvalue weighted by Crippen LogP contribution is -2.04. The van der Waals surface area contributed by atoms with Crippen molar-refractivity contribution in [3.63, 3.8) is 0 Å². The highest BCUT2D eigenvalue weighted by molar-refractivity contribution is 6.32. The van der Waals surface area contributed by atoms with E-state index >= 15 is 0 Å². The molecular formula is C34H29Cl2NO6. The molecule has 4 aromatic rings. The number of aromatic carboxylic acids is 1. The van der Waals surface area contributed by atoms with Gasteiger partial charge in [0.15, 0.2) is 12.0 Å². The Hall–Kier alpha value is -4.51. The lowest BCUT2D eigenvalue weighted by atomic mass is 9.93. The van der Waals surface area contributed by atoms with Crippen molar-refractivity contribution in [3.8, 4) is 28.4 Å². The number of alkyl halides is 1. The molecule has 0 heterocycles. The highest BCUT2D eigenvalue weighted by atomic mass is 35.5. The molecule has 1 N–H and O–H groups in total. The summed E-state index contributed by atoms with van der Waals surface area (Å²) in [5.41, 5.74) is 5.94. The van der Waals surface area contributed by atoms with Crippen LogP contribution in [0.3, 0.4) is 0 Å². The second-order valence-corrected chi connectivity index (χ2v) is 10.5. The molecule has 0 spiro atoms. The summed E-state index contributed by atoms with van der Waals surface area (Å²) >= 11 is 12.3. The molecule has 0 saturated heterocycles. The van der Waals surface area contributed by atoms with E-state index in [1.165, 1.54) is 30.3 Å². The minimum Gasteiger partial charge on any atom is -0.493 e. The molecule has 0 aromatic heterocycles. The predicted octanol–water partition coefficient (Wildman–Crippen LogP) is 8.85. The molecule has 0 aliphatic rings. The van der Waals surface area contributed by atoms with E-state index in [0.717, 1.165) is 40.0 Å². The molecule has 0 aliphatic heterocycles. The van der Waals surface area contributed by atoms with E-state index in [4.69, 9.17) is 44.0 Å². The van der Waals surface area contributed by atoms with Gasteiger partial charge < -0.3 is 19.3 Å². The maximum absolute atomic E-state index is 11.8. The van der Waals surface area contributed by atoms with E-state index in [-0.39, 0.29) is 40.8 Å². The Kier molecular flexibility index (Phi) is 10.7. The normalized spacial score (nSPS) is 10.6. The number of carboxylic acids is 1. The average Bonchev–Trinajstić information content (AvgIpc) is 3.01. The van der Waals surface area contributed by atoms with Gasteiger partial charge in [-0.3, -0.25) is 4.79 Å². The van der Waals surface area contributed by atoms with Crippen LogP contribution in [-0.2, 0) is 13.2 Å². The highest BCUT2D eigenvalue weighted by Crippen LogP contribution is 2.36. The first-order chi connectivity index (χ1) is 20.7. The average molecular weight is 619 g/mol. The van der Waals surface area contributed by atoms with Crippen molar-refractivity contribution < 1.29 is 28.9 Å². The van der Waals surface area contributed by atoms with Crippen LogP contribution in [-0.4, -0.2) is 29.8 Å². The largest absolute Gasteiger partial charge is 0.493 e. The predicted molar refractivity (Wildman–Crippen MR) is 167 cm³/mol. The van der Waals surface area contributed by atoms with Gasteiger partial charge in [0, 0.05) is 17.5 Å². The molecule has 0 aliphatic carbocycles. The molecule has 4 aromatic carbocycles. The Morgan fingerprint density at radius 3 is 2.33 bits per heavy atom. The lowest BCUT2D eigenvalue weighted by molar-refractivity contribution is 0.0696. The standard InChI is InChI=1S/C34H29Cl2NO6/c1-21-24(7-4-8-28(21)29-9-5-10-31(22(29)2)41-12-6-11-35)20-43-33-17-32(26(18-38)16-30(33)36)42-19-23-13-25(34(39)40)15-27(14-23)37-3/h4-5,7-10,13-18H,6,11-12,19-20H2,1-2H3,(H,39,40). The Bertz CT molecular complexity index is 1700. The second-order valence-electron chi connectivity index (χ2n) is 9.73. The number of ether oxygens (including phenoxy) is 3. The summed E-state index contributed by atoms with van der Waals surface area (Å²) in [6.45, 7) is 12.0. The van der Waals surface area contributed by atoms with Gasteiger partial charge in [0.2, 0.25) is 0 Å². The van der Waals surface area contributed by atoms with Crippen molar-refractivity contribution in [2.75, 3.05) is 12.5 Å². The summed E-state index contributed by atoms with van der Waals surface area (Å²) in [7, 11) is 0. The number of carboxylic acid groups (broad SMARTS) is 1. The van der Waals surface area contributed by atoms with E-state index in [9.17, 15) is 14.7 Å². The van der Waals surface area contributed by atoms with Crippen molar-refractivity contribution >= 4 is 41.1 Å². The summed E-state index contributed by atoms with van der Waals surface area (Å²) in [6.07, 6.45) is 1.38. The fourth-order valence-electron chi connectivity index (χ4n) is 4.57. The van der Waals surface area contributed by atoms with Gasteiger partial charge in [-0.25, -0.2) is 9.64 Å². The quantitative estimate of drug-likeness (QED) is 0.0697. The fraction of sp³-hybridized carbons (Fsp3) is 0.206. The summed E-state index contributed by atoms with van der Waals surface area (Å²) in [4.78, 5) is 26.5. The van der Waals surface area contributed by atoms with E-state index in [2.05, 4.69) is 17.0 Å². The minimum atomic E-state index is -1.15. The summed E-state index contributed by atoms with van der Waals surface area (Å²) in [5.74, 6) is 0.740. The van der Waals surface area contributed by atoms with Gasteiger partial charge in [-0.1, -0.05) is 41.9 Å². The van der Waals surface area contributed by atoms with Crippen LogP contribution in [0.25, 0.3) is 16.0 Å². The van der Waals surface area contributed by atoms with Crippen molar-refractivity contribution in [2.24, 2.45) is 0 Å². The Balaban J connectivity index is 1.55. The SMILES string of the molecule is [C-]#[N+]c1cc(COc2cc(OCc3cccc(-c4cccc(OCCCCl)c4C)c3C)c(Cl)cc2C=O)cc(C(=O)O)c1. The van der Waals surface area contributed by atoms with Gasteiger partial charge in [0.05, 0.1) is 23.8 Å². The summed E-state index contributed by atoms with van der Waals surface area (Å²) in [6, 6.07) is 19.2. The van der Waals surface area contributed by atoms with Gasteiger partial charge in [-0.2, -0.15) is 0 Å². The fourth-order valence-corrected chi connectivity index (χ4v) is 4.91. The highest BCUT2D eigenvalue weighted by Gasteiger charge is 2.15. The molecule has 0 atom stereocenters. The van der Waals surface area contributed by atoms with E-state index < -0.39 is 5.97 Å². The van der Waals surface area contributed by atoms with Crippen LogP contribution in [0, 0.1) is 20.4 Å². The molecule has 4 rings (SSSR count). The molecule has 0 saturated carbocycles. The molecule has 220 valence electrons. The first kappa shape index (κ1) is 31.4. The van der Waals surface area contributed by atoms with Crippen LogP contribution in [0.5, 0.6) is 17.2 Å². The zero-order valence-corrected chi connectivity index (χ0v) is 25.2. The molecular weight excluding hydrogens is 589 g/mol. The maximum atomic E-state index is 11.8. The molecule has 43 heavy (non-hydrogen) atoms. The number of hydrogen-bond donors (Lipinski definition) is 1. The van der Waals surface area contributed by atoms with Crippen LogP contribution in [0.15, 0.2) is 66.7 Å². The number of hydrogen-bond acceptors (Lipinski definition) is 5. The van der Waals surface area contributed by atoms with Crippen LogP contribution in [0.2, 0.25) is 5.02 Å². The molecule has 0 unspecified atom stereocenters. The molecule has 0 bridgehead atoms. The maximum Gasteiger partial charge on any atom is 0.334 e. The zero-order valence-electron chi connectivity index (χ0n) is 23.7. The number of aldehydes is 1. The Labute approximate surface area is 260 Å². The number of carbonyl (C=O) groups excluding carboxylic acids is 1. The number of carbonyl (C=O) groups is 2. The van der Waals surface area contributed by atoms with Gasteiger partial charge in [-0.05, 0) is 84.0 Å². The van der Waals surface area contributed by atoms with Crippen molar-refractivity contribution in [1.29, 1.82) is 0 Å². The number of benzene rings is 4. The Morgan fingerprint density at radius 2 is 1.63 bits per heavy atom. The lowest BCUT2D eigenvalue weighted by Gasteiger charge is -2.17. The molecule has 0 fully saturated rings. The third-order valence-electron chi connectivity index (χ3n) is 6.88. The smallest absolute Gasteiger partial charge is 0.334 e. The van der Waals surface area contributed by atoms with Crippen LogP contribution in [0.1, 0.15) is 49.4 Å². The summed E-state index contributed by atoms with van der Waals surface area (Å²) < 4.78 is 17.9. The van der Waals surface area contributed by atoms with Gasteiger partial charge in [-0.15, -0.1) is 11.6 Å². The third kappa shape index (κ3) is 7.66. The van der Waals surface area contributed by atoms with Crippen molar-refractivity contribution in [3.05, 3.63) is 117 Å². The molecule has 0 amide bonds. The zero-order chi connectivity index (χ0) is 30.9.